The summed E-state index contributed by atoms with van der Waals surface area (Å²) in [6.45, 7) is 6.28. The van der Waals surface area contributed by atoms with Crippen molar-refractivity contribution < 1.29 is 13.5 Å². The van der Waals surface area contributed by atoms with Crippen molar-refractivity contribution in [3.8, 4) is 17.4 Å². The molecule has 0 aliphatic heterocycles. The van der Waals surface area contributed by atoms with E-state index in [1.165, 1.54) is 6.07 Å². The zero-order valence-corrected chi connectivity index (χ0v) is 11.8. The molecule has 0 radical (unpaired) electrons. The fourth-order valence-corrected chi connectivity index (χ4v) is 1.85. The van der Waals surface area contributed by atoms with Crippen LogP contribution in [0.3, 0.4) is 0 Å². The van der Waals surface area contributed by atoms with Gasteiger partial charge in [0.1, 0.15) is 11.5 Å². The second kappa shape index (κ2) is 5.61. The Balaban J connectivity index is 2.47. The lowest BCUT2D eigenvalue weighted by atomic mass is 10.1. The Morgan fingerprint density at radius 1 is 1.42 bits per heavy atom. The van der Waals surface area contributed by atoms with Gasteiger partial charge in [-0.15, -0.1) is 0 Å². The molecule has 0 atom stereocenters. The van der Waals surface area contributed by atoms with E-state index in [0.717, 1.165) is 0 Å². The molecule has 102 valence electrons. The van der Waals surface area contributed by atoms with Crippen molar-refractivity contribution >= 4 is 11.6 Å². The molecule has 0 aliphatic carbocycles. The molecule has 1 aromatic carbocycles. The maximum atomic E-state index is 13.8. The normalized spacial score (nSPS) is 11.1. The summed E-state index contributed by atoms with van der Waals surface area (Å²) >= 11 is 5.73. The summed E-state index contributed by atoms with van der Waals surface area (Å²) in [4.78, 5) is 4.31. The zero-order chi connectivity index (χ0) is 14.0. The molecule has 2 rings (SSSR count). The molecule has 0 spiro atoms. The third-order valence-electron chi connectivity index (χ3n) is 2.60. The minimum Gasteiger partial charge on any atom is -0.464 e. The van der Waals surface area contributed by atoms with Crippen LogP contribution in [0.1, 0.15) is 32.4 Å². The summed E-state index contributed by atoms with van der Waals surface area (Å²) in [5.74, 6) is 0.227. The van der Waals surface area contributed by atoms with E-state index in [1.807, 2.05) is 20.8 Å². The molecule has 0 aliphatic rings. The van der Waals surface area contributed by atoms with Gasteiger partial charge in [-0.3, -0.25) is 0 Å². The SMILES string of the molecule is CCOc1oc(-c2ccc(Cl)cc2F)nc1C(C)C. The predicted octanol–water partition coefficient (Wildman–Crippen LogP) is 4.66. The highest BCUT2D eigenvalue weighted by molar-refractivity contribution is 6.30. The van der Waals surface area contributed by atoms with E-state index in [0.29, 0.717) is 23.3 Å². The summed E-state index contributed by atoms with van der Waals surface area (Å²) in [5.41, 5.74) is 0.962. The summed E-state index contributed by atoms with van der Waals surface area (Å²) < 4.78 is 24.7. The van der Waals surface area contributed by atoms with Crippen molar-refractivity contribution in [1.29, 1.82) is 0 Å². The number of ether oxygens (including phenoxy) is 1. The molecule has 0 saturated heterocycles. The number of oxazole rings is 1. The molecule has 1 aromatic heterocycles. The van der Waals surface area contributed by atoms with Gasteiger partial charge < -0.3 is 9.15 Å². The molecule has 19 heavy (non-hydrogen) atoms. The van der Waals surface area contributed by atoms with Crippen LogP contribution in [0.15, 0.2) is 22.6 Å². The molecule has 5 heteroatoms. The van der Waals surface area contributed by atoms with E-state index in [1.54, 1.807) is 12.1 Å². The highest BCUT2D eigenvalue weighted by atomic mass is 35.5. The van der Waals surface area contributed by atoms with E-state index in [4.69, 9.17) is 20.8 Å². The van der Waals surface area contributed by atoms with Crippen LogP contribution < -0.4 is 4.74 Å². The van der Waals surface area contributed by atoms with Crippen LogP contribution in [0, 0.1) is 5.82 Å². The summed E-state index contributed by atoms with van der Waals surface area (Å²) in [5, 5.41) is 0.335. The standard InChI is InChI=1S/C14H15ClFNO2/c1-4-18-14-12(8(2)3)17-13(19-14)10-6-5-9(15)7-11(10)16/h5-8H,4H2,1-3H3. The second-order valence-corrected chi connectivity index (χ2v) is 4.84. The van der Waals surface area contributed by atoms with E-state index < -0.39 is 5.82 Å². The van der Waals surface area contributed by atoms with Crippen LogP contribution in [0.4, 0.5) is 4.39 Å². The Morgan fingerprint density at radius 2 is 2.16 bits per heavy atom. The maximum absolute atomic E-state index is 13.8. The lowest BCUT2D eigenvalue weighted by Gasteiger charge is -2.02. The smallest absolute Gasteiger partial charge is 0.309 e. The zero-order valence-electron chi connectivity index (χ0n) is 11.0. The Hall–Kier alpha value is -1.55. The van der Waals surface area contributed by atoms with Gasteiger partial charge in [-0.2, -0.15) is 0 Å². The first-order chi connectivity index (χ1) is 9.02. The fourth-order valence-electron chi connectivity index (χ4n) is 1.70. The molecule has 0 saturated carbocycles. The van der Waals surface area contributed by atoms with Crippen LogP contribution in [-0.2, 0) is 0 Å². The van der Waals surface area contributed by atoms with Crippen molar-refractivity contribution in [3.63, 3.8) is 0 Å². The molecule has 0 amide bonds. The topological polar surface area (TPSA) is 35.3 Å². The van der Waals surface area contributed by atoms with Crippen LogP contribution in [0.5, 0.6) is 5.95 Å². The Labute approximate surface area is 116 Å². The van der Waals surface area contributed by atoms with Gasteiger partial charge in [0.25, 0.3) is 0 Å². The predicted molar refractivity (Wildman–Crippen MR) is 72.2 cm³/mol. The van der Waals surface area contributed by atoms with E-state index in [-0.39, 0.29) is 17.4 Å². The number of rotatable bonds is 4. The van der Waals surface area contributed by atoms with E-state index in [2.05, 4.69) is 4.98 Å². The van der Waals surface area contributed by atoms with Crippen LogP contribution in [0.2, 0.25) is 5.02 Å². The third-order valence-corrected chi connectivity index (χ3v) is 2.84. The third kappa shape index (κ3) is 2.89. The molecule has 0 bridgehead atoms. The van der Waals surface area contributed by atoms with Crippen LogP contribution in [0.25, 0.3) is 11.5 Å². The van der Waals surface area contributed by atoms with Crippen molar-refractivity contribution in [2.75, 3.05) is 6.61 Å². The summed E-state index contributed by atoms with van der Waals surface area (Å²) in [6.07, 6.45) is 0. The van der Waals surface area contributed by atoms with Crippen molar-refractivity contribution in [1.82, 2.24) is 4.98 Å². The van der Waals surface area contributed by atoms with Crippen molar-refractivity contribution in [2.24, 2.45) is 0 Å². The number of halogens is 2. The number of benzene rings is 1. The Bertz CT molecular complexity index is 581. The molecule has 0 unspecified atom stereocenters. The highest BCUT2D eigenvalue weighted by Crippen LogP contribution is 2.33. The second-order valence-electron chi connectivity index (χ2n) is 4.40. The maximum Gasteiger partial charge on any atom is 0.309 e. The minimum absolute atomic E-state index is 0.134. The first-order valence-corrected chi connectivity index (χ1v) is 6.49. The molecule has 0 N–H and O–H groups in total. The largest absolute Gasteiger partial charge is 0.464 e. The van der Waals surface area contributed by atoms with Crippen molar-refractivity contribution in [2.45, 2.75) is 26.7 Å². The first-order valence-electron chi connectivity index (χ1n) is 6.11. The van der Waals surface area contributed by atoms with Gasteiger partial charge in [-0.05, 0) is 25.1 Å². The molecule has 2 aromatic rings. The average molecular weight is 284 g/mol. The number of nitrogens with zero attached hydrogens (tertiary/aromatic N) is 1. The van der Waals surface area contributed by atoms with Gasteiger partial charge in [0, 0.05) is 10.9 Å². The van der Waals surface area contributed by atoms with Crippen LogP contribution in [-0.4, -0.2) is 11.6 Å². The number of aromatic nitrogens is 1. The average Bonchev–Trinajstić information content (AvgIpc) is 2.73. The Morgan fingerprint density at radius 3 is 2.74 bits per heavy atom. The molecule has 1 heterocycles. The minimum atomic E-state index is -0.466. The number of hydrogen-bond acceptors (Lipinski definition) is 3. The molecular weight excluding hydrogens is 269 g/mol. The number of hydrogen-bond donors (Lipinski definition) is 0. The molecular formula is C14H15ClFNO2. The monoisotopic (exact) mass is 283 g/mol. The lowest BCUT2D eigenvalue weighted by Crippen LogP contribution is -1.96. The fraction of sp³-hybridized carbons (Fsp3) is 0.357. The van der Waals surface area contributed by atoms with E-state index >= 15 is 0 Å². The van der Waals surface area contributed by atoms with Crippen molar-refractivity contribution in [3.05, 3.63) is 34.7 Å². The van der Waals surface area contributed by atoms with Gasteiger partial charge >= 0.3 is 5.95 Å². The Kier molecular flexibility index (Phi) is 4.10. The van der Waals surface area contributed by atoms with Gasteiger partial charge in [0.15, 0.2) is 0 Å². The summed E-state index contributed by atoms with van der Waals surface area (Å²) in [7, 11) is 0. The van der Waals surface area contributed by atoms with Gasteiger partial charge in [0.05, 0.1) is 12.2 Å². The van der Waals surface area contributed by atoms with Gasteiger partial charge in [-0.1, -0.05) is 25.4 Å². The van der Waals surface area contributed by atoms with Gasteiger partial charge in [0.2, 0.25) is 5.89 Å². The van der Waals surface area contributed by atoms with E-state index in [9.17, 15) is 4.39 Å². The summed E-state index contributed by atoms with van der Waals surface area (Å²) in [6, 6.07) is 4.37. The highest BCUT2D eigenvalue weighted by Gasteiger charge is 2.20. The van der Waals surface area contributed by atoms with Gasteiger partial charge in [-0.25, -0.2) is 9.37 Å². The lowest BCUT2D eigenvalue weighted by molar-refractivity contribution is 0.256. The quantitative estimate of drug-likeness (QED) is 0.819. The first kappa shape index (κ1) is 13.9. The molecule has 0 fully saturated rings. The van der Waals surface area contributed by atoms with Crippen LogP contribution >= 0.6 is 11.6 Å². The molecule has 3 nitrogen and oxygen atoms in total.